The van der Waals surface area contributed by atoms with Crippen LogP contribution in [-0.4, -0.2) is 29.4 Å². The van der Waals surface area contributed by atoms with E-state index in [0.717, 1.165) is 24.8 Å². The van der Waals surface area contributed by atoms with Gasteiger partial charge in [0.1, 0.15) is 0 Å². The molecule has 0 aliphatic carbocycles. The van der Waals surface area contributed by atoms with Gasteiger partial charge < -0.3 is 4.84 Å². The number of unbranched alkanes of at least 4 members (excludes halogenated alkanes) is 1. The molecule has 1 aliphatic heterocycles. The topological polar surface area (TPSA) is 112 Å². The molecule has 0 radical (unpaired) electrons. The Morgan fingerprint density at radius 3 is 2.70 bits per heavy atom. The van der Waals surface area contributed by atoms with E-state index in [2.05, 4.69) is 10.0 Å². The third-order valence-corrected chi connectivity index (χ3v) is 3.38. The number of aryl methyl sites for hydroxylation is 1. The molecular formula is C15H16N4O4. The summed E-state index contributed by atoms with van der Waals surface area (Å²) in [7, 11) is 0. The minimum Gasteiger partial charge on any atom is -0.325 e. The van der Waals surface area contributed by atoms with Crippen molar-refractivity contribution in [3.05, 3.63) is 45.8 Å². The van der Waals surface area contributed by atoms with Gasteiger partial charge in [0.05, 0.1) is 5.56 Å². The fourth-order valence-corrected chi connectivity index (χ4v) is 2.20. The Morgan fingerprint density at radius 1 is 1.26 bits per heavy atom. The fourth-order valence-electron chi connectivity index (χ4n) is 2.20. The van der Waals surface area contributed by atoms with Crippen molar-refractivity contribution in [2.75, 3.05) is 6.54 Å². The summed E-state index contributed by atoms with van der Waals surface area (Å²) in [5.74, 6) is -1.74. The molecule has 2 amide bonds. The van der Waals surface area contributed by atoms with Crippen LogP contribution in [-0.2, 0) is 20.8 Å². The van der Waals surface area contributed by atoms with Crippen LogP contribution in [0.15, 0.2) is 29.4 Å². The summed E-state index contributed by atoms with van der Waals surface area (Å²) >= 11 is 0. The third kappa shape index (κ3) is 4.55. The lowest BCUT2D eigenvalue weighted by molar-refractivity contribution is -0.172. The second kappa shape index (κ2) is 7.95. The molecule has 0 bridgehead atoms. The van der Waals surface area contributed by atoms with E-state index < -0.39 is 17.8 Å². The van der Waals surface area contributed by atoms with E-state index in [1.54, 1.807) is 18.2 Å². The van der Waals surface area contributed by atoms with Crippen molar-refractivity contribution in [3.8, 4) is 0 Å². The van der Waals surface area contributed by atoms with Gasteiger partial charge in [-0.05, 0) is 42.5 Å². The van der Waals surface area contributed by atoms with E-state index >= 15 is 0 Å². The van der Waals surface area contributed by atoms with Gasteiger partial charge >= 0.3 is 5.97 Å². The maximum atomic E-state index is 12.0. The van der Waals surface area contributed by atoms with Crippen molar-refractivity contribution in [3.63, 3.8) is 0 Å². The van der Waals surface area contributed by atoms with Gasteiger partial charge in [0.25, 0.3) is 11.8 Å². The van der Waals surface area contributed by atoms with E-state index in [1.165, 1.54) is 0 Å². The van der Waals surface area contributed by atoms with Gasteiger partial charge in [0.2, 0.25) is 0 Å². The highest BCUT2D eigenvalue weighted by Gasteiger charge is 2.33. The van der Waals surface area contributed by atoms with Crippen molar-refractivity contribution < 1.29 is 19.2 Å². The van der Waals surface area contributed by atoms with Crippen LogP contribution < -0.4 is 0 Å². The molecule has 0 N–H and O–H groups in total. The standard InChI is InChI=1S/C15H16N4O4/c16-18-17-9-2-1-4-11-5-3-6-12(10-11)15(22)23-19-13(20)7-8-14(19)21/h3,5-6,10H,1-2,4,7-9H2. The summed E-state index contributed by atoms with van der Waals surface area (Å²) in [5, 5.41) is 3.99. The van der Waals surface area contributed by atoms with Crippen LogP contribution in [0.1, 0.15) is 41.6 Å². The molecule has 2 rings (SSSR count). The number of azide groups is 1. The fraction of sp³-hybridized carbons (Fsp3) is 0.400. The molecule has 0 saturated carbocycles. The predicted octanol–water partition coefficient (Wildman–Crippen LogP) is 2.54. The third-order valence-electron chi connectivity index (χ3n) is 3.38. The number of benzene rings is 1. The summed E-state index contributed by atoms with van der Waals surface area (Å²) in [6, 6.07) is 6.82. The molecule has 1 fully saturated rings. The van der Waals surface area contributed by atoms with Gasteiger partial charge in [0, 0.05) is 24.3 Å². The smallest absolute Gasteiger partial charge is 0.325 e. The second-order valence-corrected chi connectivity index (χ2v) is 5.07. The minimum absolute atomic E-state index is 0.0668. The largest absolute Gasteiger partial charge is 0.363 e. The lowest BCUT2D eigenvalue weighted by Crippen LogP contribution is -2.32. The highest BCUT2D eigenvalue weighted by Crippen LogP contribution is 2.15. The maximum Gasteiger partial charge on any atom is 0.363 e. The molecule has 23 heavy (non-hydrogen) atoms. The number of amides is 2. The summed E-state index contributed by atoms with van der Waals surface area (Å²) in [6.45, 7) is 0.442. The van der Waals surface area contributed by atoms with Gasteiger partial charge in [-0.2, -0.15) is 0 Å². The number of hydroxylamine groups is 2. The molecule has 0 aromatic heterocycles. The monoisotopic (exact) mass is 316 g/mol. The zero-order chi connectivity index (χ0) is 16.7. The Kier molecular flexibility index (Phi) is 5.71. The zero-order valence-corrected chi connectivity index (χ0v) is 12.5. The first kappa shape index (κ1) is 16.5. The Morgan fingerprint density at radius 2 is 2.00 bits per heavy atom. The lowest BCUT2D eigenvalue weighted by atomic mass is 10.1. The minimum atomic E-state index is -0.732. The first-order valence-electron chi connectivity index (χ1n) is 7.29. The first-order chi connectivity index (χ1) is 11.1. The van der Waals surface area contributed by atoms with Crippen LogP contribution in [0.3, 0.4) is 0 Å². The summed E-state index contributed by atoms with van der Waals surface area (Å²) in [6.07, 6.45) is 2.44. The Labute approximate surface area is 132 Å². The Balaban J connectivity index is 1.93. The van der Waals surface area contributed by atoms with Gasteiger partial charge in [-0.15, -0.1) is 5.06 Å². The quantitative estimate of drug-likeness (QED) is 0.253. The first-order valence-corrected chi connectivity index (χ1v) is 7.29. The van der Waals surface area contributed by atoms with E-state index in [1.807, 2.05) is 6.07 Å². The van der Waals surface area contributed by atoms with Crippen molar-refractivity contribution in [1.29, 1.82) is 0 Å². The van der Waals surface area contributed by atoms with E-state index in [-0.39, 0.29) is 18.4 Å². The molecule has 1 saturated heterocycles. The zero-order valence-electron chi connectivity index (χ0n) is 12.5. The van der Waals surface area contributed by atoms with Gasteiger partial charge in [-0.25, -0.2) is 4.79 Å². The molecular weight excluding hydrogens is 300 g/mol. The Hall–Kier alpha value is -2.86. The molecule has 1 aromatic carbocycles. The molecule has 1 heterocycles. The van der Waals surface area contributed by atoms with Crippen LogP contribution >= 0.6 is 0 Å². The van der Waals surface area contributed by atoms with Gasteiger partial charge in [-0.1, -0.05) is 17.2 Å². The number of hydrogen-bond donors (Lipinski definition) is 0. The van der Waals surface area contributed by atoms with Crippen molar-refractivity contribution in [2.24, 2.45) is 5.11 Å². The number of imide groups is 1. The van der Waals surface area contributed by atoms with Crippen molar-refractivity contribution in [1.82, 2.24) is 5.06 Å². The summed E-state index contributed by atoms with van der Waals surface area (Å²) < 4.78 is 0. The molecule has 8 heteroatoms. The maximum absolute atomic E-state index is 12.0. The average Bonchev–Trinajstić information content (AvgIpc) is 2.87. The average molecular weight is 316 g/mol. The van der Waals surface area contributed by atoms with Crippen LogP contribution in [0.4, 0.5) is 0 Å². The van der Waals surface area contributed by atoms with Crippen molar-refractivity contribution >= 4 is 17.8 Å². The predicted molar refractivity (Wildman–Crippen MR) is 79.9 cm³/mol. The summed E-state index contributed by atoms with van der Waals surface area (Å²) in [4.78, 5) is 42.5. The highest BCUT2D eigenvalue weighted by molar-refractivity contribution is 6.02. The molecule has 1 aliphatic rings. The number of carbonyl (C=O) groups is 3. The van der Waals surface area contributed by atoms with Crippen LogP contribution in [0, 0.1) is 0 Å². The van der Waals surface area contributed by atoms with Crippen LogP contribution in [0.2, 0.25) is 0 Å². The van der Waals surface area contributed by atoms with Crippen LogP contribution in [0.5, 0.6) is 0 Å². The molecule has 8 nitrogen and oxygen atoms in total. The van der Waals surface area contributed by atoms with E-state index in [9.17, 15) is 14.4 Å². The van der Waals surface area contributed by atoms with Gasteiger partial charge in [-0.3, -0.25) is 9.59 Å². The summed E-state index contributed by atoms with van der Waals surface area (Å²) in [5.41, 5.74) is 9.40. The number of hydrogen-bond acceptors (Lipinski definition) is 5. The van der Waals surface area contributed by atoms with Crippen molar-refractivity contribution in [2.45, 2.75) is 32.1 Å². The SMILES string of the molecule is [N-]=[N+]=NCCCCc1cccc(C(=O)ON2C(=O)CCC2=O)c1. The van der Waals surface area contributed by atoms with E-state index in [0.29, 0.717) is 11.6 Å². The highest BCUT2D eigenvalue weighted by atomic mass is 16.7. The van der Waals surface area contributed by atoms with E-state index in [4.69, 9.17) is 10.4 Å². The van der Waals surface area contributed by atoms with Crippen LogP contribution in [0.25, 0.3) is 10.4 Å². The van der Waals surface area contributed by atoms with Gasteiger partial charge in [0.15, 0.2) is 0 Å². The second-order valence-electron chi connectivity index (χ2n) is 5.07. The number of rotatable bonds is 7. The molecule has 0 atom stereocenters. The Bertz CT molecular complexity index is 651. The molecule has 1 aromatic rings. The molecule has 120 valence electrons. The molecule has 0 spiro atoms. The normalized spacial score (nSPS) is 13.8. The number of carbonyl (C=O) groups excluding carboxylic acids is 3. The number of nitrogens with zero attached hydrogens (tertiary/aromatic N) is 4. The lowest BCUT2D eigenvalue weighted by Gasteiger charge is -2.12. The molecule has 0 unspecified atom stereocenters.